The van der Waals surface area contributed by atoms with Gasteiger partial charge in [0, 0.05) is 20.2 Å². The molecule has 2 N–H and O–H groups in total. The van der Waals surface area contributed by atoms with Crippen molar-refractivity contribution in [2.75, 3.05) is 20.7 Å². The fourth-order valence-corrected chi connectivity index (χ4v) is 1.92. The number of methoxy groups -OCH3 is 1. The van der Waals surface area contributed by atoms with Gasteiger partial charge in [0.2, 0.25) is 0 Å². The molecule has 0 saturated heterocycles. The van der Waals surface area contributed by atoms with E-state index in [4.69, 9.17) is 10.5 Å². The van der Waals surface area contributed by atoms with E-state index < -0.39 is 0 Å². The Labute approximate surface area is 132 Å². The van der Waals surface area contributed by atoms with Crippen LogP contribution in [0.2, 0.25) is 0 Å². The summed E-state index contributed by atoms with van der Waals surface area (Å²) in [6.45, 7) is 0.559. The van der Waals surface area contributed by atoms with Gasteiger partial charge in [0.05, 0.1) is 6.54 Å². The van der Waals surface area contributed by atoms with E-state index in [0.717, 1.165) is 5.56 Å². The van der Waals surface area contributed by atoms with E-state index >= 15 is 0 Å². The zero-order valence-corrected chi connectivity index (χ0v) is 13.8. The second-order valence-electron chi connectivity index (χ2n) is 4.68. The molecule has 1 saturated carbocycles. The van der Waals surface area contributed by atoms with Crippen molar-refractivity contribution in [2.45, 2.75) is 25.0 Å². The molecule has 0 spiro atoms. The Morgan fingerprint density at radius 2 is 2.05 bits per heavy atom. The summed E-state index contributed by atoms with van der Waals surface area (Å²) in [5.74, 6) is 0.607. The lowest BCUT2D eigenvalue weighted by molar-refractivity contribution is 0.110. The van der Waals surface area contributed by atoms with Crippen LogP contribution in [0.1, 0.15) is 24.5 Å². The summed E-state index contributed by atoms with van der Waals surface area (Å²) in [7, 11) is 3.70. The van der Waals surface area contributed by atoms with Crippen LogP contribution in [0.4, 0.5) is 0 Å². The molecule has 1 unspecified atom stereocenters. The Kier molecular flexibility index (Phi) is 6.57. The maximum Gasteiger partial charge on any atom is 0.191 e. The van der Waals surface area contributed by atoms with Crippen molar-refractivity contribution >= 4 is 29.9 Å². The van der Waals surface area contributed by atoms with Crippen molar-refractivity contribution in [1.82, 2.24) is 4.90 Å². The van der Waals surface area contributed by atoms with Crippen molar-refractivity contribution in [1.29, 1.82) is 0 Å². The van der Waals surface area contributed by atoms with Crippen molar-refractivity contribution in [3.05, 3.63) is 35.9 Å². The molecule has 0 bridgehead atoms. The quantitative estimate of drug-likeness (QED) is 0.489. The minimum atomic E-state index is -0.0302. The molecule has 1 atom stereocenters. The summed E-state index contributed by atoms with van der Waals surface area (Å²) in [6.07, 6.45) is 2.41. The first-order valence-electron chi connectivity index (χ1n) is 6.33. The molecule has 1 aromatic carbocycles. The first-order chi connectivity index (χ1) is 8.72. The minimum Gasteiger partial charge on any atom is -0.375 e. The highest BCUT2D eigenvalue weighted by Gasteiger charge is 2.27. The van der Waals surface area contributed by atoms with Crippen LogP contribution >= 0.6 is 24.0 Å². The lowest BCUT2D eigenvalue weighted by Gasteiger charge is -2.19. The van der Waals surface area contributed by atoms with E-state index in [1.54, 1.807) is 7.11 Å². The summed E-state index contributed by atoms with van der Waals surface area (Å²) in [4.78, 5) is 6.48. The molecule has 106 valence electrons. The number of benzene rings is 1. The monoisotopic (exact) mass is 375 g/mol. The van der Waals surface area contributed by atoms with Crippen LogP contribution in [0.25, 0.3) is 0 Å². The zero-order valence-electron chi connectivity index (χ0n) is 11.5. The molecule has 2 rings (SSSR count). The molecule has 1 fully saturated rings. The number of halogens is 1. The Morgan fingerprint density at radius 1 is 1.42 bits per heavy atom. The minimum absolute atomic E-state index is 0. The van der Waals surface area contributed by atoms with Gasteiger partial charge in [-0.1, -0.05) is 30.3 Å². The lowest BCUT2D eigenvalue weighted by atomic mass is 10.1. The van der Waals surface area contributed by atoms with Crippen molar-refractivity contribution in [3.8, 4) is 0 Å². The Morgan fingerprint density at radius 3 is 2.58 bits per heavy atom. The summed E-state index contributed by atoms with van der Waals surface area (Å²) in [5.41, 5.74) is 7.09. The highest BCUT2D eigenvalue weighted by Crippen LogP contribution is 2.25. The van der Waals surface area contributed by atoms with Gasteiger partial charge in [0.25, 0.3) is 0 Å². The fourth-order valence-electron chi connectivity index (χ4n) is 1.92. The molecule has 0 amide bonds. The van der Waals surface area contributed by atoms with Crippen LogP contribution < -0.4 is 5.73 Å². The van der Waals surface area contributed by atoms with Crippen molar-refractivity contribution in [2.24, 2.45) is 10.7 Å². The fraction of sp³-hybridized carbons (Fsp3) is 0.500. The predicted molar refractivity (Wildman–Crippen MR) is 88.9 cm³/mol. The number of aliphatic imine (C=N–C) groups is 1. The molecule has 19 heavy (non-hydrogen) atoms. The molecule has 4 nitrogen and oxygen atoms in total. The number of hydrogen-bond acceptors (Lipinski definition) is 2. The average molecular weight is 375 g/mol. The van der Waals surface area contributed by atoms with Gasteiger partial charge in [-0.15, -0.1) is 24.0 Å². The van der Waals surface area contributed by atoms with Gasteiger partial charge in [-0.3, -0.25) is 4.99 Å². The maximum absolute atomic E-state index is 5.96. The van der Waals surface area contributed by atoms with Crippen LogP contribution in [0, 0.1) is 0 Å². The molecule has 0 aliphatic heterocycles. The summed E-state index contributed by atoms with van der Waals surface area (Å²) in [6, 6.07) is 10.7. The number of ether oxygens (including phenoxy) is 1. The summed E-state index contributed by atoms with van der Waals surface area (Å²) >= 11 is 0. The Bertz CT molecular complexity index is 406. The molecule has 0 radical (unpaired) electrons. The van der Waals surface area contributed by atoms with Gasteiger partial charge in [-0.05, 0) is 18.4 Å². The molecule has 0 aromatic heterocycles. The summed E-state index contributed by atoms with van der Waals surface area (Å²) in [5, 5.41) is 0. The highest BCUT2D eigenvalue weighted by atomic mass is 127. The van der Waals surface area contributed by atoms with E-state index in [1.165, 1.54) is 12.8 Å². The lowest BCUT2D eigenvalue weighted by Crippen LogP contribution is -2.36. The molecular weight excluding hydrogens is 353 g/mol. The Balaban J connectivity index is 0.00000180. The molecule has 1 aromatic rings. The first-order valence-corrected chi connectivity index (χ1v) is 6.33. The van der Waals surface area contributed by atoms with Gasteiger partial charge in [-0.25, -0.2) is 0 Å². The zero-order chi connectivity index (χ0) is 13.0. The normalized spacial score (nSPS) is 16.6. The van der Waals surface area contributed by atoms with Crippen LogP contribution in [-0.2, 0) is 4.74 Å². The molecule has 1 aliphatic carbocycles. The number of guanidine groups is 1. The van der Waals surface area contributed by atoms with Crippen LogP contribution in [0.3, 0.4) is 0 Å². The number of hydrogen-bond donors (Lipinski definition) is 1. The van der Waals surface area contributed by atoms with Crippen molar-refractivity contribution < 1.29 is 4.74 Å². The second-order valence-corrected chi connectivity index (χ2v) is 4.68. The highest BCUT2D eigenvalue weighted by molar-refractivity contribution is 14.0. The molecule has 5 heteroatoms. The third kappa shape index (κ3) is 4.65. The van der Waals surface area contributed by atoms with Crippen molar-refractivity contribution in [3.63, 3.8) is 0 Å². The SMILES string of the molecule is COC(CN=C(N)N(C)C1CC1)c1ccccc1.I. The molecule has 0 heterocycles. The first kappa shape index (κ1) is 16.2. The van der Waals surface area contributed by atoms with E-state index in [0.29, 0.717) is 18.5 Å². The standard InChI is InChI=1S/C14H21N3O.HI/c1-17(12-8-9-12)14(15)16-10-13(18-2)11-6-4-3-5-7-11;/h3-7,12-13H,8-10H2,1-2H3,(H2,15,16);1H. The van der Waals surface area contributed by atoms with Gasteiger partial charge < -0.3 is 15.4 Å². The third-order valence-electron chi connectivity index (χ3n) is 3.33. The van der Waals surface area contributed by atoms with Crippen LogP contribution in [0.5, 0.6) is 0 Å². The van der Waals surface area contributed by atoms with E-state index in [9.17, 15) is 0 Å². The third-order valence-corrected chi connectivity index (χ3v) is 3.33. The number of nitrogens with zero attached hydrogens (tertiary/aromatic N) is 2. The van der Waals surface area contributed by atoms with Crippen LogP contribution in [0.15, 0.2) is 35.3 Å². The number of rotatable bonds is 5. The van der Waals surface area contributed by atoms with E-state index in [1.807, 2.05) is 37.4 Å². The summed E-state index contributed by atoms with van der Waals surface area (Å²) < 4.78 is 5.46. The number of nitrogens with two attached hydrogens (primary N) is 1. The molecular formula is C14H22IN3O. The van der Waals surface area contributed by atoms with Gasteiger partial charge in [0.1, 0.15) is 6.10 Å². The van der Waals surface area contributed by atoms with Gasteiger partial charge in [-0.2, -0.15) is 0 Å². The maximum atomic E-state index is 5.96. The van der Waals surface area contributed by atoms with E-state index in [-0.39, 0.29) is 30.1 Å². The second kappa shape index (κ2) is 7.69. The van der Waals surface area contributed by atoms with Crippen LogP contribution in [-0.4, -0.2) is 37.6 Å². The molecule has 1 aliphatic rings. The average Bonchev–Trinajstić information content (AvgIpc) is 3.24. The Hall–Kier alpha value is -0.820. The van der Waals surface area contributed by atoms with Gasteiger partial charge >= 0.3 is 0 Å². The smallest absolute Gasteiger partial charge is 0.191 e. The van der Waals surface area contributed by atoms with E-state index in [2.05, 4.69) is 9.89 Å². The topological polar surface area (TPSA) is 50.9 Å². The predicted octanol–water partition coefficient (Wildman–Crippen LogP) is 2.40. The largest absolute Gasteiger partial charge is 0.375 e. The van der Waals surface area contributed by atoms with Gasteiger partial charge in [0.15, 0.2) is 5.96 Å².